The number of benzene rings is 1. The fraction of sp³-hybridized carbons (Fsp3) is 0.143. The second-order valence-corrected chi connectivity index (χ2v) is 1.62. The molecular formula is C7H9NNa. The summed E-state index contributed by atoms with van der Waals surface area (Å²) in [6.45, 7) is 0.608. The van der Waals surface area contributed by atoms with Crippen LogP contribution in [0.5, 0.6) is 0 Å². The standard InChI is InChI=1S/C7H8N.Na.H/c8-6-7-4-2-1-3-5-7;;/h1-2,4-5H,6,8H2;;. The topological polar surface area (TPSA) is 26.0 Å². The van der Waals surface area contributed by atoms with Crippen LogP contribution in [0, 0.1) is 6.07 Å². The van der Waals surface area contributed by atoms with Crippen molar-refractivity contribution in [3.05, 3.63) is 35.9 Å². The van der Waals surface area contributed by atoms with Crippen LogP contribution in [0.4, 0.5) is 0 Å². The van der Waals surface area contributed by atoms with Gasteiger partial charge in [0.1, 0.15) is 0 Å². The Morgan fingerprint density at radius 3 is 2.67 bits per heavy atom. The molecule has 1 aromatic carbocycles. The van der Waals surface area contributed by atoms with E-state index in [0.29, 0.717) is 6.54 Å². The first-order valence-electron chi connectivity index (χ1n) is 2.58. The SMILES string of the molecule is NCc1c[c]ccc1.[NaH]. The second-order valence-electron chi connectivity index (χ2n) is 1.62. The quantitative estimate of drug-likeness (QED) is 0.543. The summed E-state index contributed by atoms with van der Waals surface area (Å²) in [5.74, 6) is 0. The zero-order valence-electron chi connectivity index (χ0n) is 4.59. The van der Waals surface area contributed by atoms with Gasteiger partial charge in [0, 0.05) is 6.54 Å². The van der Waals surface area contributed by atoms with Crippen molar-refractivity contribution in [1.82, 2.24) is 0 Å². The first kappa shape index (κ1) is 9.18. The second kappa shape index (κ2) is 5.00. The Kier molecular flexibility index (Phi) is 5.10. The van der Waals surface area contributed by atoms with Crippen LogP contribution in [0.2, 0.25) is 0 Å². The summed E-state index contributed by atoms with van der Waals surface area (Å²) >= 11 is 0. The van der Waals surface area contributed by atoms with Gasteiger partial charge in [-0.1, -0.05) is 18.2 Å². The molecule has 0 saturated heterocycles. The van der Waals surface area contributed by atoms with E-state index in [2.05, 4.69) is 6.07 Å². The summed E-state index contributed by atoms with van der Waals surface area (Å²) in [4.78, 5) is 0. The molecule has 0 amide bonds. The zero-order valence-corrected chi connectivity index (χ0v) is 4.59. The monoisotopic (exact) mass is 130 g/mol. The van der Waals surface area contributed by atoms with Gasteiger partial charge in [0.2, 0.25) is 0 Å². The Balaban J connectivity index is 0.000000640. The van der Waals surface area contributed by atoms with Crippen molar-refractivity contribution in [3.8, 4) is 0 Å². The summed E-state index contributed by atoms with van der Waals surface area (Å²) in [6.07, 6.45) is 0. The van der Waals surface area contributed by atoms with Gasteiger partial charge < -0.3 is 5.73 Å². The van der Waals surface area contributed by atoms with E-state index in [-0.39, 0.29) is 29.6 Å². The molecule has 43 valence electrons. The number of hydrogen-bond donors (Lipinski definition) is 1. The number of hydrogen-bond acceptors (Lipinski definition) is 1. The van der Waals surface area contributed by atoms with E-state index in [4.69, 9.17) is 5.73 Å². The Morgan fingerprint density at radius 1 is 1.56 bits per heavy atom. The fourth-order valence-corrected chi connectivity index (χ4v) is 0.557. The van der Waals surface area contributed by atoms with Gasteiger partial charge in [-0.25, -0.2) is 0 Å². The van der Waals surface area contributed by atoms with E-state index in [0.717, 1.165) is 5.56 Å². The predicted octanol–water partition coefficient (Wildman–Crippen LogP) is 0.297. The van der Waals surface area contributed by atoms with Crippen LogP contribution >= 0.6 is 0 Å². The molecule has 1 radical (unpaired) electrons. The zero-order chi connectivity index (χ0) is 5.82. The van der Waals surface area contributed by atoms with E-state index in [1.807, 2.05) is 24.3 Å². The molecule has 0 heterocycles. The third-order valence-corrected chi connectivity index (χ3v) is 1.01. The molecule has 0 fully saturated rings. The molecule has 0 aliphatic rings. The van der Waals surface area contributed by atoms with E-state index in [1.54, 1.807) is 0 Å². The third-order valence-electron chi connectivity index (χ3n) is 1.01. The van der Waals surface area contributed by atoms with Crippen molar-refractivity contribution in [1.29, 1.82) is 0 Å². The first-order chi connectivity index (χ1) is 3.93. The van der Waals surface area contributed by atoms with Crippen LogP contribution < -0.4 is 5.73 Å². The van der Waals surface area contributed by atoms with Crippen LogP contribution in [-0.2, 0) is 6.54 Å². The molecule has 9 heavy (non-hydrogen) atoms. The molecule has 2 heteroatoms. The van der Waals surface area contributed by atoms with E-state index in [1.165, 1.54) is 0 Å². The van der Waals surface area contributed by atoms with E-state index >= 15 is 0 Å². The summed E-state index contributed by atoms with van der Waals surface area (Å²) in [7, 11) is 0. The molecular weight excluding hydrogens is 121 g/mol. The molecule has 1 nitrogen and oxygen atoms in total. The molecule has 0 aliphatic carbocycles. The normalized spacial score (nSPS) is 8.11. The molecule has 2 N–H and O–H groups in total. The Hall–Kier alpha value is 0.180. The summed E-state index contributed by atoms with van der Waals surface area (Å²) in [5, 5.41) is 0. The molecule has 0 atom stereocenters. The molecule has 0 aliphatic heterocycles. The van der Waals surface area contributed by atoms with Gasteiger partial charge in [0.15, 0.2) is 0 Å². The first-order valence-corrected chi connectivity index (χ1v) is 2.58. The van der Waals surface area contributed by atoms with Crippen molar-refractivity contribution in [2.45, 2.75) is 6.54 Å². The van der Waals surface area contributed by atoms with Gasteiger partial charge in [0.05, 0.1) is 0 Å². The minimum absolute atomic E-state index is 0. The van der Waals surface area contributed by atoms with Crippen molar-refractivity contribution < 1.29 is 0 Å². The minimum atomic E-state index is 0. The van der Waals surface area contributed by atoms with Gasteiger partial charge in [0.25, 0.3) is 0 Å². The Bertz CT molecular complexity index is 150. The molecule has 0 saturated carbocycles. The Morgan fingerprint density at radius 2 is 2.33 bits per heavy atom. The summed E-state index contributed by atoms with van der Waals surface area (Å²) < 4.78 is 0. The summed E-state index contributed by atoms with van der Waals surface area (Å²) in [5.41, 5.74) is 6.46. The fourth-order valence-electron chi connectivity index (χ4n) is 0.557. The molecule has 1 aromatic rings. The van der Waals surface area contributed by atoms with Gasteiger partial charge in [-0.2, -0.15) is 0 Å². The third kappa shape index (κ3) is 3.01. The van der Waals surface area contributed by atoms with Crippen LogP contribution in [0.25, 0.3) is 0 Å². The Labute approximate surface area is 77.5 Å². The van der Waals surface area contributed by atoms with Gasteiger partial charge in [-0.05, 0) is 17.7 Å². The molecule has 0 aromatic heterocycles. The van der Waals surface area contributed by atoms with E-state index < -0.39 is 0 Å². The molecule has 0 unspecified atom stereocenters. The average molecular weight is 130 g/mol. The van der Waals surface area contributed by atoms with Crippen LogP contribution in [0.1, 0.15) is 5.56 Å². The number of rotatable bonds is 1. The average Bonchev–Trinajstić information content (AvgIpc) is 1.90. The predicted molar refractivity (Wildman–Crippen MR) is 40.3 cm³/mol. The van der Waals surface area contributed by atoms with Crippen molar-refractivity contribution in [2.75, 3.05) is 0 Å². The van der Waals surface area contributed by atoms with Crippen molar-refractivity contribution in [3.63, 3.8) is 0 Å². The van der Waals surface area contributed by atoms with Gasteiger partial charge in [-0.15, -0.1) is 0 Å². The van der Waals surface area contributed by atoms with Crippen LogP contribution in [0.15, 0.2) is 24.3 Å². The van der Waals surface area contributed by atoms with Crippen LogP contribution in [0.3, 0.4) is 0 Å². The summed E-state index contributed by atoms with van der Waals surface area (Å²) in [6, 6.07) is 10.6. The van der Waals surface area contributed by atoms with Crippen LogP contribution in [-0.4, -0.2) is 29.6 Å². The molecule has 0 bridgehead atoms. The van der Waals surface area contributed by atoms with Crippen molar-refractivity contribution in [2.24, 2.45) is 5.73 Å². The van der Waals surface area contributed by atoms with Crippen molar-refractivity contribution >= 4 is 29.6 Å². The molecule has 1 rings (SSSR count). The maximum atomic E-state index is 5.33. The van der Waals surface area contributed by atoms with E-state index in [9.17, 15) is 0 Å². The molecule has 0 spiro atoms. The van der Waals surface area contributed by atoms with Gasteiger partial charge in [-0.3, -0.25) is 0 Å². The maximum absolute atomic E-state index is 5.33. The number of nitrogens with two attached hydrogens (primary N) is 1. The van der Waals surface area contributed by atoms with Gasteiger partial charge >= 0.3 is 29.6 Å².